The van der Waals surface area contributed by atoms with E-state index in [0.29, 0.717) is 18.1 Å². The molecule has 4 atom stereocenters. The van der Waals surface area contributed by atoms with Crippen molar-refractivity contribution in [1.82, 2.24) is 10.9 Å². The summed E-state index contributed by atoms with van der Waals surface area (Å²) in [6.45, 7) is 6.42. The molecule has 0 aliphatic carbocycles. The second-order valence-electron chi connectivity index (χ2n) is 9.08. The van der Waals surface area contributed by atoms with Gasteiger partial charge >= 0.3 is 5.97 Å². The number of esters is 1. The molecule has 0 spiro atoms. The number of amides is 1. The van der Waals surface area contributed by atoms with E-state index >= 15 is 0 Å². The zero-order valence-electron chi connectivity index (χ0n) is 19.5. The molecule has 34 heavy (non-hydrogen) atoms. The normalized spacial score (nSPS) is 24.0. The highest BCUT2D eigenvalue weighted by Gasteiger charge is 2.56. The summed E-state index contributed by atoms with van der Waals surface area (Å²) in [4.78, 5) is 27.6. The average molecular weight is 460 g/mol. The number of hydrogen-bond acceptors (Lipinski definition) is 6. The number of nitrogens with one attached hydrogen (secondary N) is 2. The number of nitrogens with zero attached hydrogens (tertiary/aromatic N) is 1. The molecule has 3 heterocycles. The van der Waals surface area contributed by atoms with Crippen molar-refractivity contribution in [3.05, 3.63) is 89.4 Å². The number of hydrazine groups is 1. The van der Waals surface area contributed by atoms with E-state index in [1.54, 1.807) is 25.3 Å². The van der Waals surface area contributed by atoms with Crippen molar-refractivity contribution in [2.45, 2.75) is 44.8 Å². The minimum absolute atomic E-state index is 0.0200. The fourth-order valence-electron chi connectivity index (χ4n) is 5.05. The van der Waals surface area contributed by atoms with Gasteiger partial charge < -0.3 is 14.1 Å². The largest absolute Gasteiger partial charge is 0.468 e. The van der Waals surface area contributed by atoms with Crippen LogP contribution in [-0.2, 0) is 9.53 Å². The van der Waals surface area contributed by atoms with Crippen LogP contribution in [0.5, 0.6) is 0 Å². The van der Waals surface area contributed by atoms with Crippen molar-refractivity contribution >= 4 is 17.6 Å². The van der Waals surface area contributed by atoms with E-state index in [1.807, 2.05) is 29.2 Å². The Morgan fingerprint density at radius 3 is 2.35 bits per heavy atom. The second kappa shape index (κ2) is 9.08. The minimum Gasteiger partial charge on any atom is -0.468 e. The number of fused-ring (bicyclic) bond motifs is 1. The van der Waals surface area contributed by atoms with E-state index in [2.05, 4.69) is 49.0 Å². The molecule has 5 rings (SSSR count). The molecule has 0 bridgehead atoms. The van der Waals surface area contributed by atoms with Gasteiger partial charge in [0.05, 0.1) is 30.5 Å². The molecule has 176 valence electrons. The number of benzene rings is 2. The molecular weight excluding hydrogens is 430 g/mol. The smallest absolute Gasteiger partial charge is 0.338 e. The maximum absolute atomic E-state index is 13.7. The molecule has 1 aromatic heterocycles. The third-order valence-electron chi connectivity index (χ3n) is 6.76. The predicted molar refractivity (Wildman–Crippen MR) is 128 cm³/mol. The number of ether oxygens (including phenoxy) is 1. The third kappa shape index (κ3) is 3.81. The third-order valence-corrected chi connectivity index (χ3v) is 6.76. The Hall–Kier alpha value is -3.42. The van der Waals surface area contributed by atoms with Crippen LogP contribution in [0.1, 0.15) is 66.0 Å². The van der Waals surface area contributed by atoms with Crippen LogP contribution < -0.4 is 15.8 Å². The SMILES string of the molecule is CCOC(=O)c1ccc(N2C(=O)C3NNC(c4ccco4)C3C2c2ccc(C(C)C)cc2)cc1. The summed E-state index contributed by atoms with van der Waals surface area (Å²) in [6.07, 6.45) is 1.65. The minimum atomic E-state index is -0.408. The molecular formula is C27H29N3O4. The first-order chi connectivity index (χ1) is 16.5. The summed E-state index contributed by atoms with van der Waals surface area (Å²) in [5.41, 5.74) is 10.00. The van der Waals surface area contributed by atoms with Crippen molar-refractivity contribution in [3.63, 3.8) is 0 Å². The topological polar surface area (TPSA) is 83.8 Å². The monoisotopic (exact) mass is 459 g/mol. The van der Waals surface area contributed by atoms with E-state index in [1.165, 1.54) is 5.56 Å². The van der Waals surface area contributed by atoms with Crippen molar-refractivity contribution in [3.8, 4) is 0 Å². The zero-order chi connectivity index (χ0) is 23.8. The van der Waals surface area contributed by atoms with E-state index < -0.39 is 6.04 Å². The molecule has 0 radical (unpaired) electrons. The van der Waals surface area contributed by atoms with Gasteiger partial charge in [-0.3, -0.25) is 4.79 Å². The maximum atomic E-state index is 13.7. The van der Waals surface area contributed by atoms with Gasteiger partial charge in [0.2, 0.25) is 5.91 Å². The summed E-state index contributed by atoms with van der Waals surface area (Å²) < 4.78 is 10.8. The van der Waals surface area contributed by atoms with Crippen LogP contribution in [0.2, 0.25) is 0 Å². The molecule has 2 fully saturated rings. The van der Waals surface area contributed by atoms with Gasteiger partial charge in [-0.15, -0.1) is 0 Å². The van der Waals surface area contributed by atoms with Crippen LogP contribution in [-0.4, -0.2) is 24.5 Å². The molecule has 2 aliphatic rings. The van der Waals surface area contributed by atoms with Crippen molar-refractivity contribution in [2.24, 2.45) is 5.92 Å². The van der Waals surface area contributed by atoms with Gasteiger partial charge in [-0.05, 0) is 60.4 Å². The highest BCUT2D eigenvalue weighted by atomic mass is 16.5. The van der Waals surface area contributed by atoms with E-state index in [9.17, 15) is 9.59 Å². The number of furan rings is 1. The lowest BCUT2D eigenvalue weighted by atomic mass is 9.85. The van der Waals surface area contributed by atoms with Crippen LogP contribution in [0, 0.1) is 5.92 Å². The zero-order valence-corrected chi connectivity index (χ0v) is 19.5. The van der Waals surface area contributed by atoms with Crippen LogP contribution >= 0.6 is 0 Å². The van der Waals surface area contributed by atoms with E-state index in [0.717, 1.165) is 17.0 Å². The molecule has 2 aliphatic heterocycles. The standard InChI is InChI=1S/C27H29N3O4/c1-4-33-27(32)19-11-13-20(14-12-19)30-25(18-9-7-17(8-10-18)16(2)3)22-23(21-6-5-15-34-21)28-29-24(22)26(30)31/h5-16,22-25,28-29H,4H2,1-3H3. The molecule has 2 N–H and O–H groups in total. The first-order valence-electron chi connectivity index (χ1n) is 11.7. The Balaban J connectivity index is 1.55. The summed E-state index contributed by atoms with van der Waals surface area (Å²) in [7, 11) is 0. The van der Waals surface area contributed by atoms with Gasteiger partial charge in [0, 0.05) is 11.6 Å². The van der Waals surface area contributed by atoms with Gasteiger partial charge in [0.15, 0.2) is 0 Å². The van der Waals surface area contributed by atoms with Crippen LogP contribution in [0.3, 0.4) is 0 Å². The lowest BCUT2D eigenvalue weighted by Crippen LogP contribution is -2.41. The molecule has 7 heteroatoms. The Labute approximate surface area is 199 Å². The first kappa shape index (κ1) is 22.4. The van der Waals surface area contributed by atoms with Gasteiger partial charge in [-0.25, -0.2) is 15.6 Å². The second-order valence-corrected chi connectivity index (χ2v) is 9.08. The maximum Gasteiger partial charge on any atom is 0.338 e. The van der Waals surface area contributed by atoms with Crippen LogP contribution in [0.4, 0.5) is 5.69 Å². The molecule has 2 aromatic carbocycles. The van der Waals surface area contributed by atoms with Crippen LogP contribution in [0.15, 0.2) is 71.3 Å². The Morgan fingerprint density at radius 1 is 1.03 bits per heavy atom. The van der Waals surface area contributed by atoms with Gasteiger partial charge in [0.25, 0.3) is 0 Å². The van der Waals surface area contributed by atoms with Gasteiger partial charge in [0.1, 0.15) is 11.8 Å². The predicted octanol–water partition coefficient (Wildman–Crippen LogP) is 4.50. The summed E-state index contributed by atoms with van der Waals surface area (Å²) in [6, 6.07) is 18.6. The fourth-order valence-corrected chi connectivity index (χ4v) is 5.05. The van der Waals surface area contributed by atoms with Gasteiger partial charge in [-0.1, -0.05) is 38.1 Å². The highest BCUT2D eigenvalue weighted by Crippen LogP contribution is 2.49. The number of anilines is 1. The van der Waals surface area contributed by atoms with E-state index in [4.69, 9.17) is 9.15 Å². The van der Waals surface area contributed by atoms with Crippen molar-refractivity contribution < 1.29 is 18.7 Å². The Morgan fingerprint density at radius 2 is 1.74 bits per heavy atom. The molecule has 7 nitrogen and oxygen atoms in total. The molecule has 1 amide bonds. The molecule has 0 saturated carbocycles. The molecule has 3 aromatic rings. The van der Waals surface area contributed by atoms with Crippen LogP contribution in [0.25, 0.3) is 0 Å². The fraction of sp³-hybridized carbons (Fsp3) is 0.333. The highest BCUT2D eigenvalue weighted by molar-refractivity contribution is 6.02. The summed E-state index contributed by atoms with van der Waals surface area (Å²) in [5.74, 6) is 0.727. The van der Waals surface area contributed by atoms with Gasteiger partial charge in [-0.2, -0.15) is 0 Å². The Bertz CT molecular complexity index is 1160. The summed E-state index contributed by atoms with van der Waals surface area (Å²) in [5, 5.41) is 0. The average Bonchev–Trinajstić information content (AvgIpc) is 3.57. The van der Waals surface area contributed by atoms with Crippen molar-refractivity contribution in [1.29, 1.82) is 0 Å². The van der Waals surface area contributed by atoms with Crippen molar-refractivity contribution in [2.75, 3.05) is 11.5 Å². The lowest BCUT2D eigenvalue weighted by Gasteiger charge is -2.31. The number of carbonyl (C=O) groups is 2. The Kier molecular flexibility index (Phi) is 5.98. The molecule has 4 unspecified atom stereocenters. The lowest BCUT2D eigenvalue weighted by molar-refractivity contribution is -0.119. The number of carbonyl (C=O) groups excluding carboxylic acids is 2. The summed E-state index contributed by atoms with van der Waals surface area (Å²) >= 11 is 0. The molecule has 2 saturated heterocycles. The number of rotatable bonds is 6. The first-order valence-corrected chi connectivity index (χ1v) is 11.7. The van der Waals surface area contributed by atoms with E-state index in [-0.39, 0.29) is 29.9 Å². The number of hydrogen-bond donors (Lipinski definition) is 2. The quantitative estimate of drug-likeness (QED) is 0.528.